The molecular weight excluding hydrogens is 394 g/mol. The Labute approximate surface area is 159 Å². The Morgan fingerprint density at radius 3 is 2.93 bits per heavy atom. The van der Waals surface area contributed by atoms with Crippen LogP contribution in [-0.4, -0.2) is 48.6 Å². The van der Waals surface area contributed by atoms with Crippen molar-refractivity contribution in [3.8, 4) is 11.5 Å². The van der Waals surface area contributed by atoms with Gasteiger partial charge in [0.2, 0.25) is 18.6 Å². The molecule has 1 amide bonds. The number of sulfone groups is 1. The molecule has 144 valence electrons. The van der Waals surface area contributed by atoms with Gasteiger partial charge in [-0.05, 0) is 24.5 Å². The molecule has 0 bridgehead atoms. The first-order valence-electron chi connectivity index (χ1n) is 8.32. The molecule has 1 N–H and O–H groups in total. The highest BCUT2D eigenvalue weighted by molar-refractivity contribution is 7.99. The highest BCUT2D eigenvalue weighted by Gasteiger charge is 2.29. The first kappa shape index (κ1) is 18.1. The van der Waals surface area contributed by atoms with Crippen LogP contribution in [0.5, 0.6) is 11.5 Å². The SMILES string of the molecule is O=C(CSc1nnc(C[C@H]2CCS(=O)(=O)C2)o1)Nc1ccc2c(c1)OCO2. The summed E-state index contributed by atoms with van der Waals surface area (Å²) in [6, 6.07) is 5.17. The van der Waals surface area contributed by atoms with Crippen molar-refractivity contribution >= 4 is 33.2 Å². The van der Waals surface area contributed by atoms with Gasteiger partial charge in [-0.2, -0.15) is 0 Å². The van der Waals surface area contributed by atoms with Gasteiger partial charge in [0.05, 0.1) is 17.3 Å². The number of nitrogens with zero attached hydrogens (tertiary/aromatic N) is 2. The lowest BCUT2D eigenvalue weighted by Gasteiger charge is -2.05. The number of nitrogens with one attached hydrogen (secondary N) is 1. The van der Waals surface area contributed by atoms with Crippen LogP contribution in [0.25, 0.3) is 0 Å². The number of hydrogen-bond donors (Lipinski definition) is 1. The van der Waals surface area contributed by atoms with Crippen LogP contribution >= 0.6 is 11.8 Å². The molecule has 1 atom stereocenters. The second-order valence-corrected chi connectivity index (χ2v) is 9.50. The maximum Gasteiger partial charge on any atom is 0.277 e. The Bertz CT molecular complexity index is 959. The van der Waals surface area contributed by atoms with Crippen LogP contribution in [0, 0.1) is 5.92 Å². The molecule has 0 saturated carbocycles. The first-order valence-corrected chi connectivity index (χ1v) is 11.1. The zero-order valence-corrected chi connectivity index (χ0v) is 15.8. The van der Waals surface area contributed by atoms with Crippen molar-refractivity contribution in [1.29, 1.82) is 0 Å². The van der Waals surface area contributed by atoms with Gasteiger partial charge < -0.3 is 19.2 Å². The smallest absolute Gasteiger partial charge is 0.277 e. The highest BCUT2D eigenvalue weighted by Crippen LogP contribution is 2.34. The maximum atomic E-state index is 12.1. The summed E-state index contributed by atoms with van der Waals surface area (Å²) in [5.74, 6) is 1.92. The number of thioether (sulfide) groups is 1. The van der Waals surface area contributed by atoms with Gasteiger partial charge in [-0.15, -0.1) is 10.2 Å². The number of anilines is 1. The first-order chi connectivity index (χ1) is 13.0. The number of hydrogen-bond acceptors (Lipinski definition) is 9. The van der Waals surface area contributed by atoms with Crippen molar-refractivity contribution in [3.63, 3.8) is 0 Å². The third kappa shape index (κ3) is 4.53. The second kappa shape index (κ2) is 7.39. The number of rotatable bonds is 6. The van der Waals surface area contributed by atoms with Crippen LogP contribution in [0.2, 0.25) is 0 Å². The zero-order chi connectivity index (χ0) is 18.9. The Balaban J connectivity index is 1.26. The maximum absolute atomic E-state index is 12.1. The number of carbonyl (C=O) groups is 1. The zero-order valence-electron chi connectivity index (χ0n) is 14.2. The van der Waals surface area contributed by atoms with E-state index in [9.17, 15) is 13.2 Å². The molecule has 1 fully saturated rings. The van der Waals surface area contributed by atoms with Crippen LogP contribution in [0.1, 0.15) is 12.3 Å². The average Bonchev–Trinajstić information content (AvgIpc) is 3.33. The minimum Gasteiger partial charge on any atom is -0.454 e. The lowest BCUT2D eigenvalue weighted by Crippen LogP contribution is -2.13. The molecule has 3 heterocycles. The van der Waals surface area contributed by atoms with Gasteiger partial charge in [0.15, 0.2) is 21.3 Å². The van der Waals surface area contributed by atoms with Crippen LogP contribution in [0.3, 0.4) is 0 Å². The molecule has 1 saturated heterocycles. The molecule has 2 aromatic rings. The molecule has 0 spiro atoms. The summed E-state index contributed by atoms with van der Waals surface area (Å²) in [4.78, 5) is 12.1. The van der Waals surface area contributed by atoms with E-state index in [1.54, 1.807) is 18.2 Å². The summed E-state index contributed by atoms with van der Waals surface area (Å²) >= 11 is 1.13. The Kier molecular flexibility index (Phi) is 4.96. The van der Waals surface area contributed by atoms with Crippen molar-refractivity contribution in [2.75, 3.05) is 29.4 Å². The average molecular weight is 411 g/mol. The fourth-order valence-electron chi connectivity index (χ4n) is 2.96. The largest absolute Gasteiger partial charge is 0.454 e. The molecule has 1 aromatic heterocycles. The number of aromatic nitrogens is 2. The van der Waals surface area contributed by atoms with E-state index < -0.39 is 9.84 Å². The van der Waals surface area contributed by atoms with E-state index in [4.69, 9.17) is 13.9 Å². The van der Waals surface area contributed by atoms with Crippen LogP contribution < -0.4 is 14.8 Å². The van der Waals surface area contributed by atoms with E-state index in [0.717, 1.165) is 11.8 Å². The van der Waals surface area contributed by atoms with Gasteiger partial charge in [-0.3, -0.25) is 4.79 Å². The molecule has 9 nitrogen and oxygen atoms in total. The van der Waals surface area contributed by atoms with Crippen LogP contribution in [-0.2, 0) is 21.1 Å². The fraction of sp³-hybridized carbons (Fsp3) is 0.438. The molecular formula is C16H17N3O6S2. The topological polar surface area (TPSA) is 121 Å². The van der Waals surface area contributed by atoms with E-state index in [1.165, 1.54) is 0 Å². The summed E-state index contributed by atoms with van der Waals surface area (Å²) in [7, 11) is -2.93. The third-order valence-electron chi connectivity index (χ3n) is 4.22. The Morgan fingerprint density at radius 1 is 1.26 bits per heavy atom. The Hall–Kier alpha value is -2.27. The molecule has 11 heteroatoms. The van der Waals surface area contributed by atoms with E-state index in [-0.39, 0.29) is 41.1 Å². The Morgan fingerprint density at radius 2 is 2.11 bits per heavy atom. The van der Waals surface area contributed by atoms with E-state index in [0.29, 0.717) is 35.9 Å². The number of fused-ring (bicyclic) bond motifs is 1. The summed E-state index contributed by atoms with van der Waals surface area (Å²) in [6.45, 7) is 0.175. The van der Waals surface area contributed by atoms with Gasteiger partial charge in [0.1, 0.15) is 0 Å². The van der Waals surface area contributed by atoms with Crippen LogP contribution in [0.4, 0.5) is 5.69 Å². The van der Waals surface area contributed by atoms with Gasteiger partial charge in [-0.25, -0.2) is 8.42 Å². The van der Waals surface area contributed by atoms with E-state index >= 15 is 0 Å². The number of carbonyl (C=O) groups excluding carboxylic acids is 1. The summed E-state index contributed by atoms with van der Waals surface area (Å²) in [5.41, 5.74) is 0.610. The van der Waals surface area contributed by atoms with Crippen LogP contribution in [0.15, 0.2) is 27.8 Å². The predicted molar refractivity (Wildman–Crippen MR) is 96.7 cm³/mol. The number of ether oxygens (including phenoxy) is 2. The normalized spacial score (nSPS) is 19.9. The van der Waals surface area contributed by atoms with E-state index in [2.05, 4.69) is 15.5 Å². The van der Waals surface area contributed by atoms with Gasteiger partial charge in [-0.1, -0.05) is 11.8 Å². The van der Waals surface area contributed by atoms with Crippen molar-refractivity contribution in [2.45, 2.75) is 18.1 Å². The summed E-state index contributed by atoms with van der Waals surface area (Å²) in [5, 5.41) is 10.9. The monoisotopic (exact) mass is 411 g/mol. The molecule has 0 aliphatic carbocycles. The van der Waals surface area contributed by atoms with Gasteiger partial charge in [0, 0.05) is 18.2 Å². The predicted octanol–water partition coefficient (Wildman–Crippen LogP) is 1.51. The molecule has 1 aromatic carbocycles. The lowest BCUT2D eigenvalue weighted by atomic mass is 10.1. The minimum absolute atomic E-state index is 0.0163. The van der Waals surface area contributed by atoms with Crippen molar-refractivity contribution in [2.24, 2.45) is 5.92 Å². The van der Waals surface area contributed by atoms with Gasteiger partial charge >= 0.3 is 0 Å². The van der Waals surface area contributed by atoms with Gasteiger partial charge in [0.25, 0.3) is 5.22 Å². The fourth-order valence-corrected chi connectivity index (χ4v) is 5.40. The summed E-state index contributed by atoms with van der Waals surface area (Å²) in [6.07, 6.45) is 1.06. The van der Waals surface area contributed by atoms with Crippen molar-refractivity contribution in [3.05, 3.63) is 24.1 Å². The minimum atomic E-state index is -2.93. The third-order valence-corrected chi connectivity index (χ3v) is 6.88. The molecule has 0 radical (unpaired) electrons. The quantitative estimate of drug-likeness (QED) is 0.705. The molecule has 2 aliphatic heterocycles. The number of amides is 1. The lowest BCUT2D eigenvalue weighted by molar-refractivity contribution is -0.113. The van der Waals surface area contributed by atoms with Crippen molar-refractivity contribution in [1.82, 2.24) is 10.2 Å². The second-order valence-electron chi connectivity index (χ2n) is 6.34. The number of benzene rings is 1. The highest BCUT2D eigenvalue weighted by atomic mass is 32.2. The molecule has 2 aliphatic rings. The molecule has 27 heavy (non-hydrogen) atoms. The van der Waals surface area contributed by atoms with E-state index in [1.807, 2.05) is 0 Å². The molecule has 0 unspecified atom stereocenters. The summed E-state index contributed by atoms with van der Waals surface area (Å²) < 4.78 is 39.0. The van der Waals surface area contributed by atoms with Crippen molar-refractivity contribution < 1.29 is 27.1 Å². The standard InChI is InChI=1S/C16H17N3O6S2/c20-14(17-11-1-2-12-13(6-11)24-9-23-12)7-26-16-19-18-15(25-16)5-10-3-4-27(21,22)8-10/h1-2,6,10H,3-5,7-9H2,(H,17,20)/t10-/m1/s1. The molecule has 4 rings (SSSR count).